The van der Waals surface area contributed by atoms with Crippen LogP contribution in [0.2, 0.25) is 0 Å². The zero-order valence-corrected chi connectivity index (χ0v) is 9.52. The van der Waals surface area contributed by atoms with Crippen LogP contribution in [0.15, 0.2) is 41.1 Å². The standard InChI is InChI=1S/C11H8N4OS/c12-5-7-6-13-15(10(7)16)11-14-8-3-1-2-4-9(8)17-11/h1-6H,12H2. The number of carbonyl (C=O) groups excluding carboxylic acids is 1. The highest BCUT2D eigenvalue weighted by molar-refractivity contribution is 7.22. The van der Waals surface area contributed by atoms with Gasteiger partial charge in [0, 0.05) is 6.20 Å². The Labute approximate surface area is 101 Å². The van der Waals surface area contributed by atoms with Gasteiger partial charge in [0.2, 0.25) is 5.13 Å². The third-order valence-corrected chi connectivity index (χ3v) is 3.41. The molecule has 0 saturated heterocycles. The first-order chi connectivity index (χ1) is 8.29. The summed E-state index contributed by atoms with van der Waals surface area (Å²) >= 11 is 1.42. The van der Waals surface area contributed by atoms with Crippen molar-refractivity contribution < 1.29 is 4.79 Å². The third kappa shape index (κ3) is 1.50. The molecule has 1 aliphatic heterocycles. The number of aromatic nitrogens is 1. The molecule has 2 aromatic rings. The predicted octanol–water partition coefficient (Wildman–Crippen LogP) is 1.47. The van der Waals surface area contributed by atoms with Crippen LogP contribution in [0.1, 0.15) is 0 Å². The van der Waals surface area contributed by atoms with Crippen molar-refractivity contribution in [2.24, 2.45) is 10.8 Å². The van der Waals surface area contributed by atoms with Crippen LogP contribution in [-0.4, -0.2) is 17.1 Å². The molecule has 0 radical (unpaired) electrons. The number of amides is 1. The van der Waals surface area contributed by atoms with E-state index in [9.17, 15) is 4.79 Å². The molecule has 0 unspecified atom stereocenters. The number of nitrogens with two attached hydrogens (primary N) is 1. The molecular weight excluding hydrogens is 236 g/mol. The first-order valence-corrected chi connectivity index (χ1v) is 5.77. The molecule has 0 aliphatic carbocycles. The van der Waals surface area contributed by atoms with E-state index in [2.05, 4.69) is 10.1 Å². The normalized spacial score (nSPS) is 17.5. The molecule has 0 saturated carbocycles. The maximum atomic E-state index is 11.8. The summed E-state index contributed by atoms with van der Waals surface area (Å²) in [5.41, 5.74) is 6.56. The Morgan fingerprint density at radius 3 is 2.88 bits per heavy atom. The minimum atomic E-state index is -0.244. The Hall–Kier alpha value is -2.21. The molecule has 3 rings (SSSR count). The molecule has 0 spiro atoms. The lowest BCUT2D eigenvalue weighted by atomic mass is 10.3. The second kappa shape index (κ2) is 3.67. The molecule has 84 valence electrons. The average molecular weight is 244 g/mol. The molecular formula is C11H8N4OS. The molecule has 0 fully saturated rings. The Bertz CT molecular complexity index is 625. The molecule has 0 atom stereocenters. The number of rotatable bonds is 1. The third-order valence-electron chi connectivity index (χ3n) is 2.39. The number of anilines is 1. The quantitative estimate of drug-likeness (QED) is 0.772. The Morgan fingerprint density at radius 1 is 1.35 bits per heavy atom. The second-order valence-corrected chi connectivity index (χ2v) is 4.46. The monoisotopic (exact) mass is 244 g/mol. The van der Waals surface area contributed by atoms with E-state index in [0.29, 0.717) is 10.7 Å². The summed E-state index contributed by atoms with van der Waals surface area (Å²) in [5, 5.41) is 5.82. The van der Waals surface area contributed by atoms with E-state index in [-0.39, 0.29) is 5.91 Å². The maximum absolute atomic E-state index is 11.8. The summed E-state index contributed by atoms with van der Waals surface area (Å²) in [4.78, 5) is 16.2. The second-order valence-electron chi connectivity index (χ2n) is 3.45. The van der Waals surface area contributed by atoms with Crippen molar-refractivity contribution in [3.63, 3.8) is 0 Å². The first-order valence-electron chi connectivity index (χ1n) is 4.95. The number of carbonyl (C=O) groups is 1. The lowest BCUT2D eigenvalue weighted by Crippen LogP contribution is -2.21. The highest BCUT2D eigenvalue weighted by Gasteiger charge is 2.26. The van der Waals surface area contributed by atoms with Crippen LogP contribution < -0.4 is 10.7 Å². The molecule has 6 heteroatoms. The fourth-order valence-electron chi connectivity index (χ4n) is 1.55. The van der Waals surface area contributed by atoms with Gasteiger partial charge in [-0.2, -0.15) is 10.1 Å². The van der Waals surface area contributed by atoms with E-state index in [1.807, 2.05) is 24.3 Å². The van der Waals surface area contributed by atoms with Crippen molar-refractivity contribution in [3.05, 3.63) is 36.0 Å². The van der Waals surface area contributed by atoms with Gasteiger partial charge in [0.1, 0.15) is 0 Å². The number of benzene rings is 1. The number of para-hydroxylation sites is 1. The summed E-state index contributed by atoms with van der Waals surface area (Å²) in [7, 11) is 0. The Balaban J connectivity index is 2.06. The first kappa shape index (κ1) is 9.98. The van der Waals surface area contributed by atoms with E-state index in [0.717, 1.165) is 10.2 Å². The van der Waals surface area contributed by atoms with Crippen LogP contribution in [0.5, 0.6) is 0 Å². The van der Waals surface area contributed by atoms with Gasteiger partial charge in [0.25, 0.3) is 5.91 Å². The lowest BCUT2D eigenvalue weighted by Gasteiger charge is -2.05. The topological polar surface area (TPSA) is 71.6 Å². The molecule has 5 nitrogen and oxygen atoms in total. The predicted molar refractivity (Wildman–Crippen MR) is 67.9 cm³/mol. The van der Waals surface area contributed by atoms with Crippen LogP contribution in [-0.2, 0) is 4.79 Å². The van der Waals surface area contributed by atoms with Crippen LogP contribution in [0.3, 0.4) is 0 Å². The van der Waals surface area contributed by atoms with E-state index >= 15 is 0 Å². The van der Waals surface area contributed by atoms with E-state index < -0.39 is 0 Å². The van der Waals surface area contributed by atoms with Crippen LogP contribution >= 0.6 is 11.3 Å². The van der Waals surface area contributed by atoms with Gasteiger partial charge in [-0.15, -0.1) is 0 Å². The molecule has 1 amide bonds. The fraction of sp³-hybridized carbons (Fsp3) is 0. The lowest BCUT2D eigenvalue weighted by molar-refractivity contribution is -0.114. The molecule has 2 N–H and O–H groups in total. The zero-order valence-electron chi connectivity index (χ0n) is 8.70. The van der Waals surface area contributed by atoms with Crippen molar-refractivity contribution >= 4 is 38.8 Å². The highest BCUT2D eigenvalue weighted by atomic mass is 32.1. The van der Waals surface area contributed by atoms with Crippen LogP contribution in [0, 0.1) is 0 Å². The summed E-state index contributed by atoms with van der Waals surface area (Å²) in [6, 6.07) is 7.70. The minimum Gasteiger partial charge on any atom is -0.404 e. The molecule has 1 aromatic carbocycles. The molecule has 0 bridgehead atoms. The maximum Gasteiger partial charge on any atom is 0.283 e. The number of thiazole rings is 1. The summed E-state index contributed by atoms with van der Waals surface area (Å²) in [6.45, 7) is 0. The van der Waals surface area contributed by atoms with Crippen molar-refractivity contribution in [2.45, 2.75) is 0 Å². The minimum absolute atomic E-state index is 0.244. The number of fused-ring (bicyclic) bond motifs is 1. The van der Waals surface area contributed by atoms with Gasteiger partial charge in [-0.05, 0) is 12.1 Å². The highest BCUT2D eigenvalue weighted by Crippen LogP contribution is 2.30. The number of hydrogen-bond donors (Lipinski definition) is 1. The Morgan fingerprint density at radius 2 is 2.18 bits per heavy atom. The van der Waals surface area contributed by atoms with Crippen molar-refractivity contribution in [1.82, 2.24) is 4.98 Å². The van der Waals surface area contributed by atoms with Gasteiger partial charge in [-0.25, -0.2) is 4.98 Å². The van der Waals surface area contributed by atoms with Gasteiger partial charge < -0.3 is 5.73 Å². The molecule has 1 aromatic heterocycles. The smallest absolute Gasteiger partial charge is 0.283 e. The number of hydrazone groups is 1. The molecule has 1 aliphatic rings. The van der Waals surface area contributed by atoms with E-state index in [1.54, 1.807) is 0 Å². The van der Waals surface area contributed by atoms with Gasteiger partial charge in [-0.1, -0.05) is 23.5 Å². The summed E-state index contributed by atoms with van der Waals surface area (Å²) in [6.07, 6.45) is 2.69. The average Bonchev–Trinajstić information content (AvgIpc) is 2.91. The van der Waals surface area contributed by atoms with Crippen LogP contribution in [0.4, 0.5) is 5.13 Å². The summed E-state index contributed by atoms with van der Waals surface area (Å²) < 4.78 is 1.02. The van der Waals surface area contributed by atoms with Gasteiger partial charge in [-0.3, -0.25) is 4.79 Å². The van der Waals surface area contributed by atoms with Crippen LogP contribution in [0.25, 0.3) is 10.2 Å². The Kier molecular flexibility index (Phi) is 2.15. The number of hydrogen-bond acceptors (Lipinski definition) is 5. The summed E-state index contributed by atoms with van der Waals surface area (Å²) in [5.74, 6) is -0.244. The van der Waals surface area contributed by atoms with Crippen molar-refractivity contribution in [1.29, 1.82) is 0 Å². The van der Waals surface area contributed by atoms with E-state index in [1.165, 1.54) is 28.8 Å². The van der Waals surface area contributed by atoms with Crippen molar-refractivity contribution in [3.8, 4) is 0 Å². The fourth-order valence-corrected chi connectivity index (χ4v) is 2.47. The van der Waals surface area contributed by atoms with E-state index in [4.69, 9.17) is 5.73 Å². The van der Waals surface area contributed by atoms with Crippen molar-refractivity contribution in [2.75, 3.05) is 5.01 Å². The molecule has 17 heavy (non-hydrogen) atoms. The SMILES string of the molecule is NC=C1C=NN(c2nc3ccccc3s2)C1=O. The zero-order chi connectivity index (χ0) is 11.8. The van der Waals surface area contributed by atoms with Gasteiger partial charge in [0.15, 0.2) is 0 Å². The largest absolute Gasteiger partial charge is 0.404 e. The van der Waals surface area contributed by atoms with Gasteiger partial charge >= 0.3 is 0 Å². The number of nitrogens with zero attached hydrogens (tertiary/aromatic N) is 3. The molecule has 2 heterocycles. The van der Waals surface area contributed by atoms with Gasteiger partial charge in [0.05, 0.1) is 22.0 Å².